The zero-order valence-corrected chi connectivity index (χ0v) is 19.4. The van der Waals surface area contributed by atoms with Crippen molar-refractivity contribution in [2.45, 2.75) is 19.8 Å². The molecule has 1 aliphatic heterocycles. The van der Waals surface area contributed by atoms with E-state index in [4.69, 9.17) is 0 Å². The Morgan fingerprint density at radius 2 is 1.53 bits per heavy atom. The third-order valence-electron chi connectivity index (χ3n) is 6.33. The number of carbonyl (C=O) groups is 1. The zero-order chi connectivity index (χ0) is 25.6. The van der Waals surface area contributed by atoms with Gasteiger partial charge in [-0.2, -0.15) is 5.10 Å². The molecular formula is C27H22F2N4O3. The van der Waals surface area contributed by atoms with Gasteiger partial charge >= 0.3 is 0 Å². The van der Waals surface area contributed by atoms with Crippen molar-refractivity contribution in [1.82, 2.24) is 9.78 Å². The fourth-order valence-electron chi connectivity index (χ4n) is 4.67. The summed E-state index contributed by atoms with van der Waals surface area (Å²) in [7, 11) is 0. The lowest BCUT2D eigenvalue weighted by atomic mass is 9.78. The number of rotatable bonds is 5. The van der Waals surface area contributed by atoms with Crippen LogP contribution in [-0.2, 0) is 4.79 Å². The predicted octanol–water partition coefficient (Wildman–Crippen LogP) is 4.63. The van der Waals surface area contributed by atoms with Crippen LogP contribution in [0, 0.1) is 24.5 Å². The molecule has 1 amide bonds. The zero-order valence-electron chi connectivity index (χ0n) is 19.4. The molecule has 0 radical (unpaired) electrons. The molecule has 0 aliphatic carbocycles. The summed E-state index contributed by atoms with van der Waals surface area (Å²) in [4.78, 5) is 27.4. The van der Waals surface area contributed by atoms with E-state index in [1.54, 1.807) is 26.0 Å². The highest BCUT2D eigenvalue weighted by atomic mass is 19.1. The molecule has 0 bridgehead atoms. The largest absolute Gasteiger partial charge is 0.508 e. The van der Waals surface area contributed by atoms with Crippen LogP contribution < -0.4 is 10.6 Å². The molecule has 2 heterocycles. The van der Waals surface area contributed by atoms with Crippen LogP contribution >= 0.6 is 0 Å². The van der Waals surface area contributed by atoms with Gasteiger partial charge in [-0.3, -0.25) is 14.7 Å². The summed E-state index contributed by atoms with van der Waals surface area (Å²) in [5.41, 5.74) is 2.26. The van der Waals surface area contributed by atoms with E-state index in [1.165, 1.54) is 70.4 Å². The highest BCUT2D eigenvalue weighted by Crippen LogP contribution is 2.39. The fraction of sp³-hybridized carbons (Fsp3) is 0.148. The maximum absolute atomic E-state index is 13.7. The van der Waals surface area contributed by atoms with Gasteiger partial charge in [-0.05, 0) is 80.1 Å². The molecule has 3 aromatic carbocycles. The number of H-pyrrole nitrogens is 1. The Morgan fingerprint density at radius 1 is 0.917 bits per heavy atom. The molecular weight excluding hydrogens is 466 g/mol. The van der Waals surface area contributed by atoms with Crippen LogP contribution in [0.15, 0.2) is 82.7 Å². The fourth-order valence-corrected chi connectivity index (χ4v) is 4.67. The first kappa shape index (κ1) is 23.2. The SMILES string of the molecule is CC1=NN(c2ccc(F)cc2)C(=O)[C@H]1[C@H](c1cccc(O)c1)c1c(C)[nH]n(-c2ccc(F)cc2)c1=O. The lowest BCUT2D eigenvalue weighted by Gasteiger charge is -2.23. The van der Waals surface area contributed by atoms with Gasteiger partial charge in [0.1, 0.15) is 17.4 Å². The molecule has 0 saturated carbocycles. The summed E-state index contributed by atoms with van der Waals surface area (Å²) in [5, 5.41) is 18.9. The normalized spacial score (nSPS) is 16.3. The van der Waals surface area contributed by atoms with Gasteiger partial charge in [0.2, 0.25) is 0 Å². The highest BCUT2D eigenvalue weighted by molar-refractivity contribution is 6.15. The molecule has 2 atom stereocenters. The highest BCUT2D eigenvalue weighted by Gasteiger charge is 2.43. The smallest absolute Gasteiger partial charge is 0.275 e. The minimum atomic E-state index is -0.860. The van der Waals surface area contributed by atoms with Crippen LogP contribution in [0.2, 0.25) is 0 Å². The maximum atomic E-state index is 13.7. The van der Waals surface area contributed by atoms with Crippen molar-refractivity contribution in [3.63, 3.8) is 0 Å². The first-order valence-electron chi connectivity index (χ1n) is 11.3. The number of phenols is 1. The van der Waals surface area contributed by atoms with Crippen molar-refractivity contribution in [2.75, 3.05) is 5.01 Å². The van der Waals surface area contributed by atoms with Gasteiger partial charge in [0.15, 0.2) is 0 Å². The number of aromatic hydroxyl groups is 1. The Hall–Kier alpha value is -4.53. The molecule has 7 nitrogen and oxygen atoms in total. The van der Waals surface area contributed by atoms with Crippen molar-refractivity contribution in [3.05, 3.63) is 112 Å². The van der Waals surface area contributed by atoms with Gasteiger partial charge in [0, 0.05) is 22.9 Å². The van der Waals surface area contributed by atoms with E-state index in [0.717, 1.165) is 0 Å². The molecule has 4 aromatic rings. The topological polar surface area (TPSA) is 90.7 Å². The molecule has 0 fully saturated rings. The summed E-state index contributed by atoms with van der Waals surface area (Å²) in [5.74, 6) is -2.92. The Balaban J connectivity index is 1.65. The summed E-state index contributed by atoms with van der Waals surface area (Å²) >= 11 is 0. The quantitative estimate of drug-likeness (QED) is 0.429. The predicted molar refractivity (Wildman–Crippen MR) is 132 cm³/mol. The van der Waals surface area contributed by atoms with Crippen molar-refractivity contribution < 1.29 is 18.7 Å². The first-order valence-corrected chi connectivity index (χ1v) is 11.3. The number of aromatic amines is 1. The number of hydrazone groups is 1. The second kappa shape index (κ2) is 8.92. The summed E-state index contributed by atoms with van der Waals surface area (Å²) in [6.45, 7) is 3.42. The van der Waals surface area contributed by atoms with Crippen molar-refractivity contribution in [1.29, 1.82) is 0 Å². The van der Waals surface area contributed by atoms with E-state index < -0.39 is 29.0 Å². The average molecular weight is 488 g/mol. The second-order valence-electron chi connectivity index (χ2n) is 8.69. The van der Waals surface area contributed by atoms with Crippen LogP contribution in [0.3, 0.4) is 0 Å². The van der Waals surface area contributed by atoms with Gasteiger partial charge in [-0.15, -0.1) is 0 Å². The van der Waals surface area contributed by atoms with Crippen LogP contribution in [-0.4, -0.2) is 26.5 Å². The Morgan fingerprint density at radius 3 is 2.14 bits per heavy atom. The molecule has 182 valence electrons. The number of amides is 1. The van der Waals surface area contributed by atoms with E-state index >= 15 is 0 Å². The summed E-state index contributed by atoms with van der Waals surface area (Å²) in [6.07, 6.45) is 0. The third-order valence-corrected chi connectivity index (χ3v) is 6.33. The minimum absolute atomic E-state index is 0.0139. The molecule has 2 N–H and O–H groups in total. The number of carbonyl (C=O) groups excluding carboxylic acids is 1. The van der Waals surface area contributed by atoms with Crippen LogP contribution in [0.5, 0.6) is 5.75 Å². The number of benzene rings is 3. The summed E-state index contributed by atoms with van der Waals surface area (Å²) in [6, 6.07) is 17.2. The maximum Gasteiger partial charge on any atom is 0.275 e. The van der Waals surface area contributed by atoms with Crippen LogP contribution in [0.1, 0.15) is 29.7 Å². The monoisotopic (exact) mass is 488 g/mol. The van der Waals surface area contributed by atoms with E-state index in [-0.39, 0.29) is 11.7 Å². The number of aryl methyl sites for hydroxylation is 1. The van der Waals surface area contributed by atoms with Crippen LogP contribution in [0.25, 0.3) is 5.69 Å². The van der Waals surface area contributed by atoms with Gasteiger partial charge in [0.25, 0.3) is 11.5 Å². The second-order valence-corrected chi connectivity index (χ2v) is 8.69. The number of hydrogen-bond donors (Lipinski definition) is 2. The number of halogens is 2. The molecule has 36 heavy (non-hydrogen) atoms. The molecule has 0 spiro atoms. The standard InChI is InChI=1S/C27H22F2N4O3/c1-15-23(26(35)32(30-15)20-10-6-18(28)7-11-20)25(17-4-3-5-22(34)14-17)24-16(2)31-33(27(24)36)21-12-8-19(29)9-13-21/h3-14,23,25,31,34H,1-2H3/t23-,25+/m1/s1. The Labute approximate surface area is 204 Å². The number of aromatic nitrogens is 2. The van der Waals surface area contributed by atoms with Gasteiger partial charge in [-0.1, -0.05) is 12.1 Å². The van der Waals surface area contributed by atoms with Crippen LogP contribution in [0.4, 0.5) is 14.5 Å². The lowest BCUT2D eigenvalue weighted by Crippen LogP contribution is -2.34. The Kier molecular flexibility index (Phi) is 5.75. The first-order chi connectivity index (χ1) is 17.2. The van der Waals surface area contributed by atoms with E-state index in [0.29, 0.717) is 33.9 Å². The van der Waals surface area contributed by atoms with Crippen molar-refractivity contribution in [2.24, 2.45) is 11.0 Å². The molecule has 0 saturated heterocycles. The average Bonchev–Trinajstić information content (AvgIpc) is 3.31. The molecule has 0 unspecified atom stereocenters. The van der Waals surface area contributed by atoms with E-state index in [1.807, 2.05) is 0 Å². The number of nitrogens with zero attached hydrogens (tertiary/aromatic N) is 3. The van der Waals surface area contributed by atoms with Gasteiger partial charge < -0.3 is 5.11 Å². The Bertz CT molecular complexity index is 1540. The van der Waals surface area contributed by atoms with Crippen molar-refractivity contribution >= 4 is 17.3 Å². The van der Waals surface area contributed by atoms with Gasteiger partial charge in [-0.25, -0.2) is 18.5 Å². The number of anilines is 1. The number of phenolic OH excluding ortho intramolecular Hbond substituents is 1. The summed E-state index contributed by atoms with van der Waals surface area (Å²) < 4.78 is 28.2. The van der Waals surface area contributed by atoms with Crippen molar-refractivity contribution in [3.8, 4) is 11.4 Å². The van der Waals surface area contributed by atoms with E-state index in [9.17, 15) is 23.5 Å². The molecule has 5 rings (SSSR count). The molecule has 1 aromatic heterocycles. The number of nitrogens with one attached hydrogen (secondary N) is 1. The minimum Gasteiger partial charge on any atom is -0.508 e. The molecule has 1 aliphatic rings. The molecule has 9 heteroatoms. The van der Waals surface area contributed by atoms with Gasteiger partial charge in [0.05, 0.1) is 17.3 Å². The number of hydrogen-bond acceptors (Lipinski definition) is 4. The lowest BCUT2D eigenvalue weighted by molar-refractivity contribution is -0.120. The third kappa shape index (κ3) is 3.98. The van der Waals surface area contributed by atoms with E-state index in [2.05, 4.69) is 10.2 Å².